The third kappa shape index (κ3) is 2.69. The molecule has 86 valence electrons. The highest BCUT2D eigenvalue weighted by Gasteiger charge is 2.25. The lowest BCUT2D eigenvalue weighted by Gasteiger charge is -2.12. The van der Waals surface area contributed by atoms with E-state index in [2.05, 4.69) is 11.7 Å². The van der Waals surface area contributed by atoms with Crippen molar-refractivity contribution < 1.29 is 14.3 Å². The van der Waals surface area contributed by atoms with E-state index in [-0.39, 0.29) is 5.78 Å². The number of hydrogen-bond donors (Lipinski definition) is 0. The Morgan fingerprint density at radius 1 is 1.25 bits per heavy atom. The van der Waals surface area contributed by atoms with Gasteiger partial charge < -0.3 is 4.74 Å². The zero-order chi connectivity index (χ0) is 12.1. The van der Waals surface area contributed by atoms with Crippen molar-refractivity contribution in [3.63, 3.8) is 0 Å². The summed E-state index contributed by atoms with van der Waals surface area (Å²) < 4.78 is 4.62. The Kier molecular flexibility index (Phi) is 4.23. The second-order valence-electron chi connectivity index (χ2n) is 3.66. The Balaban J connectivity index is 3.02. The molecule has 0 aliphatic rings. The molecule has 0 aliphatic carbocycles. The summed E-state index contributed by atoms with van der Waals surface area (Å²) in [6, 6.07) is 7.46. The summed E-state index contributed by atoms with van der Waals surface area (Å²) in [5.41, 5.74) is 1.87. The van der Waals surface area contributed by atoms with Gasteiger partial charge >= 0.3 is 5.97 Å². The van der Waals surface area contributed by atoms with Gasteiger partial charge in [0, 0.05) is 0 Å². The predicted molar refractivity (Wildman–Crippen MR) is 61.3 cm³/mol. The summed E-state index contributed by atoms with van der Waals surface area (Å²) in [5, 5.41) is 0. The van der Waals surface area contributed by atoms with Gasteiger partial charge in [-0.25, -0.2) is 0 Å². The first kappa shape index (κ1) is 12.4. The number of ether oxygens (including phenoxy) is 1. The quantitative estimate of drug-likeness (QED) is 0.576. The molecular formula is C13H16O3. The van der Waals surface area contributed by atoms with Crippen molar-refractivity contribution >= 4 is 11.8 Å². The molecule has 0 heterocycles. The number of methoxy groups -OCH3 is 1. The third-order valence-corrected chi connectivity index (χ3v) is 2.56. The Hall–Kier alpha value is -1.64. The molecule has 3 heteroatoms. The van der Waals surface area contributed by atoms with Gasteiger partial charge in [0.05, 0.1) is 7.11 Å². The highest BCUT2D eigenvalue weighted by molar-refractivity contribution is 6.03. The molecule has 0 amide bonds. The first-order valence-corrected chi connectivity index (χ1v) is 5.27. The maximum atomic E-state index is 11.5. The molecule has 0 aromatic heterocycles. The van der Waals surface area contributed by atoms with E-state index in [0.717, 1.165) is 6.42 Å². The smallest absolute Gasteiger partial charge is 0.320 e. The second kappa shape index (κ2) is 5.45. The number of ketones is 1. The van der Waals surface area contributed by atoms with Crippen LogP contribution < -0.4 is 0 Å². The van der Waals surface area contributed by atoms with Crippen LogP contribution in [0.1, 0.15) is 30.9 Å². The standard InChI is InChI=1S/C13H16O3/c1-4-10-5-7-11(8-6-10)12(9(2)14)13(15)16-3/h5-8,12H,4H2,1-3H3. The van der Waals surface area contributed by atoms with Crippen LogP contribution in [0.25, 0.3) is 0 Å². The fraction of sp³-hybridized carbons (Fsp3) is 0.385. The average molecular weight is 220 g/mol. The molecule has 16 heavy (non-hydrogen) atoms. The van der Waals surface area contributed by atoms with Gasteiger partial charge in [-0.3, -0.25) is 9.59 Å². The lowest BCUT2D eigenvalue weighted by Crippen LogP contribution is -2.21. The number of esters is 1. The number of hydrogen-bond acceptors (Lipinski definition) is 3. The normalized spacial score (nSPS) is 11.9. The second-order valence-corrected chi connectivity index (χ2v) is 3.66. The highest BCUT2D eigenvalue weighted by atomic mass is 16.5. The topological polar surface area (TPSA) is 43.4 Å². The van der Waals surface area contributed by atoms with Gasteiger partial charge in [0.1, 0.15) is 11.7 Å². The molecule has 1 atom stereocenters. The minimum atomic E-state index is -0.795. The lowest BCUT2D eigenvalue weighted by molar-refractivity contribution is -0.145. The van der Waals surface area contributed by atoms with Crippen molar-refractivity contribution in [2.75, 3.05) is 7.11 Å². The molecule has 1 unspecified atom stereocenters. The van der Waals surface area contributed by atoms with Crippen molar-refractivity contribution in [1.82, 2.24) is 0 Å². The Morgan fingerprint density at radius 2 is 1.81 bits per heavy atom. The molecule has 0 bridgehead atoms. The van der Waals surface area contributed by atoms with Gasteiger partial charge in [-0.05, 0) is 24.5 Å². The minimum absolute atomic E-state index is 0.198. The predicted octanol–water partition coefficient (Wildman–Crippen LogP) is 2.09. The van der Waals surface area contributed by atoms with E-state index in [1.807, 2.05) is 24.3 Å². The van der Waals surface area contributed by atoms with Crippen LogP contribution >= 0.6 is 0 Å². The molecule has 0 spiro atoms. The Labute approximate surface area is 95.4 Å². The Bertz CT molecular complexity index is 379. The van der Waals surface area contributed by atoms with E-state index in [4.69, 9.17) is 0 Å². The zero-order valence-electron chi connectivity index (χ0n) is 9.82. The van der Waals surface area contributed by atoms with E-state index in [1.165, 1.54) is 19.6 Å². The summed E-state index contributed by atoms with van der Waals surface area (Å²) in [5.74, 6) is -1.50. The highest BCUT2D eigenvalue weighted by Crippen LogP contribution is 2.19. The van der Waals surface area contributed by atoms with Crippen molar-refractivity contribution in [2.24, 2.45) is 0 Å². The van der Waals surface area contributed by atoms with Crippen LogP contribution in [0.4, 0.5) is 0 Å². The maximum Gasteiger partial charge on any atom is 0.320 e. The van der Waals surface area contributed by atoms with Crippen LogP contribution in [0.3, 0.4) is 0 Å². The van der Waals surface area contributed by atoms with Crippen LogP contribution in [0.2, 0.25) is 0 Å². The molecule has 0 saturated carbocycles. The van der Waals surface area contributed by atoms with Crippen molar-refractivity contribution in [1.29, 1.82) is 0 Å². The fourth-order valence-electron chi connectivity index (χ4n) is 1.60. The zero-order valence-corrected chi connectivity index (χ0v) is 9.82. The third-order valence-electron chi connectivity index (χ3n) is 2.56. The molecule has 1 rings (SSSR count). The van der Waals surface area contributed by atoms with Gasteiger partial charge in [0.25, 0.3) is 0 Å². The number of aryl methyl sites for hydroxylation is 1. The average Bonchev–Trinajstić information content (AvgIpc) is 2.29. The van der Waals surface area contributed by atoms with Gasteiger partial charge in [0.2, 0.25) is 0 Å². The molecular weight excluding hydrogens is 204 g/mol. The van der Waals surface area contributed by atoms with Crippen LogP contribution in [0, 0.1) is 0 Å². The van der Waals surface area contributed by atoms with Crippen molar-refractivity contribution in [3.05, 3.63) is 35.4 Å². The lowest BCUT2D eigenvalue weighted by atomic mass is 9.94. The number of carbonyl (C=O) groups is 2. The van der Waals surface area contributed by atoms with Crippen LogP contribution in [0.15, 0.2) is 24.3 Å². The van der Waals surface area contributed by atoms with E-state index in [1.54, 1.807) is 0 Å². The Morgan fingerprint density at radius 3 is 2.19 bits per heavy atom. The number of rotatable bonds is 4. The monoisotopic (exact) mass is 220 g/mol. The molecule has 0 aliphatic heterocycles. The van der Waals surface area contributed by atoms with Crippen LogP contribution in [-0.2, 0) is 20.7 Å². The van der Waals surface area contributed by atoms with Crippen LogP contribution in [0.5, 0.6) is 0 Å². The minimum Gasteiger partial charge on any atom is -0.468 e. The molecule has 3 nitrogen and oxygen atoms in total. The molecule has 1 aromatic carbocycles. The van der Waals surface area contributed by atoms with Crippen molar-refractivity contribution in [2.45, 2.75) is 26.2 Å². The summed E-state index contributed by atoms with van der Waals surface area (Å²) >= 11 is 0. The number of carbonyl (C=O) groups excluding carboxylic acids is 2. The number of benzene rings is 1. The van der Waals surface area contributed by atoms with Crippen molar-refractivity contribution in [3.8, 4) is 0 Å². The largest absolute Gasteiger partial charge is 0.468 e. The van der Waals surface area contributed by atoms with Gasteiger partial charge in [-0.15, -0.1) is 0 Å². The van der Waals surface area contributed by atoms with E-state index in [0.29, 0.717) is 5.56 Å². The molecule has 0 fully saturated rings. The van der Waals surface area contributed by atoms with E-state index >= 15 is 0 Å². The van der Waals surface area contributed by atoms with Gasteiger partial charge in [-0.1, -0.05) is 31.2 Å². The molecule has 0 saturated heterocycles. The fourth-order valence-corrected chi connectivity index (χ4v) is 1.60. The summed E-state index contributed by atoms with van der Waals surface area (Å²) in [6.07, 6.45) is 0.934. The summed E-state index contributed by atoms with van der Waals surface area (Å²) in [4.78, 5) is 22.9. The maximum absolute atomic E-state index is 11.5. The first-order chi connectivity index (χ1) is 7.60. The SMILES string of the molecule is CCc1ccc(C(C(C)=O)C(=O)OC)cc1. The summed E-state index contributed by atoms with van der Waals surface area (Å²) in [6.45, 7) is 3.45. The molecule has 0 radical (unpaired) electrons. The van der Waals surface area contributed by atoms with Crippen LogP contribution in [-0.4, -0.2) is 18.9 Å². The van der Waals surface area contributed by atoms with E-state index in [9.17, 15) is 9.59 Å². The first-order valence-electron chi connectivity index (χ1n) is 5.27. The summed E-state index contributed by atoms with van der Waals surface area (Å²) in [7, 11) is 1.29. The van der Waals surface area contributed by atoms with Gasteiger partial charge in [-0.2, -0.15) is 0 Å². The van der Waals surface area contributed by atoms with E-state index < -0.39 is 11.9 Å². The molecule has 0 N–H and O–H groups in total. The number of Topliss-reactive ketones (excluding diaryl/α,β-unsaturated/α-hetero) is 1. The molecule has 1 aromatic rings. The van der Waals surface area contributed by atoms with Gasteiger partial charge in [0.15, 0.2) is 0 Å².